The molecule has 0 amide bonds. The quantitative estimate of drug-likeness (QED) is 0.544. The second-order valence-electron chi connectivity index (χ2n) is 8.70. The average molecular weight is 464 g/mol. The number of fused-ring (bicyclic) bond motifs is 3. The number of nitrogens with one attached hydrogen (secondary N) is 1. The maximum absolute atomic E-state index is 13.1. The van der Waals surface area contributed by atoms with E-state index in [9.17, 15) is 18.0 Å². The lowest BCUT2D eigenvalue weighted by atomic mass is 9.84. The molecule has 0 spiro atoms. The van der Waals surface area contributed by atoms with Crippen molar-refractivity contribution >= 4 is 17.6 Å². The summed E-state index contributed by atoms with van der Waals surface area (Å²) in [7, 11) is 2.28. The van der Waals surface area contributed by atoms with Gasteiger partial charge < -0.3 is 24.4 Å². The lowest BCUT2D eigenvalue weighted by molar-refractivity contribution is -0.928. The maximum Gasteiger partial charge on any atom is 0.430 e. The molecule has 3 fully saturated rings. The number of anilines is 1. The van der Waals surface area contributed by atoms with Gasteiger partial charge in [-0.15, -0.1) is 0 Å². The molecule has 2 atom stereocenters. The Labute approximate surface area is 190 Å². The predicted molar refractivity (Wildman–Crippen MR) is 114 cm³/mol. The summed E-state index contributed by atoms with van der Waals surface area (Å²) in [6.07, 6.45) is -2.83. The summed E-state index contributed by atoms with van der Waals surface area (Å²) >= 11 is 0. The molecule has 1 unspecified atom stereocenters. The molecule has 9 heteroatoms. The van der Waals surface area contributed by atoms with Gasteiger partial charge in [-0.05, 0) is 17.7 Å². The lowest BCUT2D eigenvalue weighted by Crippen LogP contribution is -2.62. The van der Waals surface area contributed by atoms with Gasteiger partial charge in [0.15, 0.2) is 12.1 Å². The van der Waals surface area contributed by atoms with E-state index in [2.05, 4.69) is 12.4 Å². The summed E-state index contributed by atoms with van der Waals surface area (Å²) in [5.74, 6) is -2.66. The van der Waals surface area contributed by atoms with Gasteiger partial charge >= 0.3 is 12.1 Å². The van der Waals surface area contributed by atoms with E-state index in [4.69, 9.17) is 14.6 Å². The van der Waals surface area contributed by atoms with Crippen molar-refractivity contribution in [2.75, 3.05) is 32.0 Å². The highest BCUT2D eigenvalue weighted by Crippen LogP contribution is 2.35. The largest absolute Gasteiger partial charge is 0.542 e. The van der Waals surface area contributed by atoms with Gasteiger partial charge in [-0.3, -0.25) is 0 Å². The van der Waals surface area contributed by atoms with Crippen LogP contribution in [0, 0.1) is 5.92 Å². The van der Waals surface area contributed by atoms with Crippen LogP contribution < -0.4 is 10.4 Å². The average Bonchev–Trinajstić information content (AvgIpc) is 2.78. The number of carboxylic acids is 1. The molecule has 2 aromatic carbocycles. The number of rotatable bonds is 5. The Morgan fingerprint density at radius 3 is 2.03 bits per heavy atom. The van der Waals surface area contributed by atoms with Crippen molar-refractivity contribution in [1.29, 1.82) is 0 Å². The van der Waals surface area contributed by atoms with Crippen molar-refractivity contribution in [3.63, 3.8) is 0 Å². The lowest BCUT2D eigenvalue weighted by Gasteiger charge is -2.49. The third-order valence-corrected chi connectivity index (χ3v) is 6.18. The number of alkyl halides is 3. The number of carboxylic acid groups (broad SMARTS) is 1. The summed E-state index contributed by atoms with van der Waals surface area (Å²) in [5, 5.41) is 12.1. The first-order valence-electron chi connectivity index (χ1n) is 10.8. The third kappa shape index (κ3) is 6.71. The first-order chi connectivity index (χ1) is 15.6. The molecule has 3 aliphatic heterocycles. The second-order valence-corrected chi connectivity index (χ2v) is 8.70. The van der Waals surface area contributed by atoms with E-state index in [0.29, 0.717) is 5.92 Å². The molecule has 2 bridgehead atoms. The molecule has 0 radical (unpaired) electrons. The molecule has 0 aromatic heterocycles. The smallest absolute Gasteiger partial charge is 0.430 e. The van der Waals surface area contributed by atoms with Crippen LogP contribution in [0.15, 0.2) is 60.7 Å². The second kappa shape index (κ2) is 10.2. The Morgan fingerprint density at radius 1 is 1.03 bits per heavy atom. The number of hydrogen-bond acceptors (Lipinski definition) is 5. The molecule has 33 heavy (non-hydrogen) atoms. The van der Waals surface area contributed by atoms with Crippen LogP contribution in [0.3, 0.4) is 0 Å². The minimum atomic E-state index is -5.19. The number of carbonyl (C=O) groups excluding carboxylic acids is 2. The first-order valence-corrected chi connectivity index (χ1v) is 10.8. The molecule has 3 aliphatic rings. The van der Waals surface area contributed by atoms with Gasteiger partial charge in [0.05, 0.1) is 20.1 Å². The van der Waals surface area contributed by atoms with Gasteiger partial charge in [-0.1, -0.05) is 48.5 Å². The monoisotopic (exact) mass is 464 g/mol. The minimum absolute atomic E-state index is 0.0405. The van der Waals surface area contributed by atoms with Crippen LogP contribution in [0.5, 0.6) is 0 Å². The fourth-order valence-corrected chi connectivity index (χ4v) is 4.32. The van der Waals surface area contributed by atoms with E-state index in [1.807, 2.05) is 60.7 Å². The van der Waals surface area contributed by atoms with Crippen molar-refractivity contribution in [2.24, 2.45) is 5.92 Å². The number of halogens is 3. The third-order valence-electron chi connectivity index (χ3n) is 6.18. The van der Waals surface area contributed by atoms with Crippen LogP contribution in [0.2, 0.25) is 0 Å². The topological polar surface area (TPSA) is 78.5 Å². The summed E-state index contributed by atoms with van der Waals surface area (Å²) in [6.45, 7) is 3.37. The molecule has 3 saturated heterocycles. The molecule has 6 nitrogen and oxygen atoms in total. The molecule has 2 aromatic rings. The van der Waals surface area contributed by atoms with E-state index in [1.165, 1.54) is 13.1 Å². The number of aliphatic carboxylic acids is 1. The van der Waals surface area contributed by atoms with Crippen LogP contribution in [-0.4, -0.2) is 55.4 Å². The van der Waals surface area contributed by atoms with Gasteiger partial charge in [-0.25, -0.2) is 4.79 Å². The molecular formula is C24H27F3N2O4. The molecule has 0 saturated carbocycles. The predicted octanol–water partition coefficient (Wildman–Crippen LogP) is 2.92. The fraction of sp³-hybridized carbons (Fsp3) is 0.417. The Balaban J connectivity index is 0.000000383. The van der Waals surface area contributed by atoms with Crippen molar-refractivity contribution in [3.8, 4) is 0 Å². The van der Waals surface area contributed by atoms with Crippen LogP contribution in [0.4, 0.5) is 18.9 Å². The van der Waals surface area contributed by atoms with Crippen LogP contribution in [0.25, 0.3) is 0 Å². The van der Waals surface area contributed by atoms with Gasteiger partial charge in [0.1, 0.15) is 12.5 Å². The Hall–Kier alpha value is -3.07. The van der Waals surface area contributed by atoms with E-state index >= 15 is 0 Å². The number of ether oxygens (including phenoxy) is 1. The first kappa shape index (κ1) is 24.6. The minimum Gasteiger partial charge on any atom is -0.542 e. The Kier molecular flexibility index (Phi) is 7.63. The molecular weight excluding hydrogens is 437 g/mol. The molecule has 0 aliphatic carbocycles. The zero-order valence-corrected chi connectivity index (χ0v) is 18.3. The summed E-state index contributed by atoms with van der Waals surface area (Å²) in [4.78, 5) is 21.9. The van der Waals surface area contributed by atoms with Crippen molar-refractivity contribution in [1.82, 2.24) is 0 Å². The number of piperidine rings is 3. The number of carbonyl (C=O) groups is 2. The van der Waals surface area contributed by atoms with E-state index < -0.39 is 18.2 Å². The van der Waals surface area contributed by atoms with Gasteiger partial charge in [0, 0.05) is 24.4 Å². The van der Waals surface area contributed by atoms with Gasteiger partial charge in [-0.2, -0.15) is 13.2 Å². The van der Waals surface area contributed by atoms with Gasteiger partial charge in [0.2, 0.25) is 0 Å². The number of nitrogens with zero attached hydrogens (tertiary/aromatic N) is 1. The number of quaternary nitrogens is 1. The highest BCUT2D eigenvalue weighted by molar-refractivity contribution is 5.81. The summed E-state index contributed by atoms with van der Waals surface area (Å²) in [5.41, 5.74) is 1.86. The zero-order valence-electron chi connectivity index (χ0n) is 18.3. The summed E-state index contributed by atoms with van der Waals surface area (Å²) < 4.78 is 38.6. The zero-order chi connectivity index (χ0) is 24.1. The molecule has 5 rings (SSSR count). The standard InChI is InChI=1S/C22H27N2O2.C2HF3O2/c1-24-14-12-17(13-15-24)20(16-24)26-22(25)21(18-8-4-2-5-9-18)23-19-10-6-3-7-11-19;3-2(4,5)1(6)7/h2-11,17,20-21,23H,12-16H2,1H3;(H,6,7)/q+1;/p-1/t17?,20-,21?,24?;/m0./s1. The molecule has 1 N–H and O–H groups in total. The van der Waals surface area contributed by atoms with Crippen LogP contribution in [0.1, 0.15) is 24.4 Å². The van der Waals surface area contributed by atoms with E-state index in [0.717, 1.165) is 35.1 Å². The Morgan fingerprint density at radius 2 is 1.55 bits per heavy atom. The highest BCUT2D eigenvalue weighted by Gasteiger charge is 2.45. The maximum atomic E-state index is 13.1. The highest BCUT2D eigenvalue weighted by atomic mass is 19.4. The number of esters is 1. The Bertz CT molecular complexity index is 930. The number of benzene rings is 2. The number of likely N-dealkylation sites (N-methyl/N-ethyl adjacent to an activating group) is 1. The molecule has 178 valence electrons. The van der Waals surface area contributed by atoms with E-state index in [1.54, 1.807) is 0 Å². The van der Waals surface area contributed by atoms with E-state index in [-0.39, 0.29) is 12.1 Å². The summed E-state index contributed by atoms with van der Waals surface area (Å²) in [6, 6.07) is 19.2. The SMILES string of the molecule is C[N+]12CCC(CC1)[C@@H](OC(=O)C(Nc1ccccc1)c1ccccc1)C2.O=C([O-])C(F)(F)F. The fourth-order valence-electron chi connectivity index (χ4n) is 4.32. The van der Waals surface area contributed by atoms with Crippen LogP contribution in [-0.2, 0) is 14.3 Å². The van der Waals surface area contributed by atoms with Gasteiger partial charge in [0.25, 0.3) is 0 Å². The van der Waals surface area contributed by atoms with Crippen molar-refractivity contribution < 1.29 is 37.1 Å². The number of para-hydroxylation sites is 1. The van der Waals surface area contributed by atoms with Crippen LogP contribution >= 0.6 is 0 Å². The van der Waals surface area contributed by atoms with Crippen molar-refractivity contribution in [2.45, 2.75) is 31.2 Å². The van der Waals surface area contributed by atoms with Crippen molar-refractivity contribution in [3.05, 3.63) is 66.2 Å². The normalized spacial score (nSPS) is 24.7. The molecule has 3 heterocycles. The number of hydrogen-bond donors (Lipinski definition) is 1.